The molecule has 0 atom stereocenters. The lowest BCUT2D eigenvalue weighted by molar-refractivity contribution is -0.114. The van der Waals surface area contributed by atoms with Crippen LogP contribution in [0.2, 0.25) is 0 Å². The van der Waals surface area contributed by atoms with E-state index in [1.807, 2.05) is 19.1 Å². The smallest absolute Gasteiger partial charge is 0.221 e. The fourth-order valence-corrected chi connectivity index (χ4v) is 1.05. The number of hydrogen-bond donors (Lipinski definition) is 1. The Morgan fingerprint density at radius 1 is 1.54 bits per heavy atom. The van der Waals surface area contributed by atoms with Crippen molar-refractivity contribution in [2.45, 2.75) is 13.8 Å². The van der Waals surface area contributed by atoms with Gasteiger partial charge in [-0.15, -0.1) is 0 Å². The van der Waals surface area contributed by atoms with Crippen LogP contribution in [0.25, 0.3) is 0 Å². The van der Waals surface area contributed by atoms with Crippen LogP contribution in [0.5, 0.6) is 0 Å². The Morgan fingerprint density at radius 3 is 2.77 bits per heavy atom. The third-order valence-electron chi connectivity index (χ3n) is 1.61. The van der Waals surface area contributed by atoms with Crippen LogP contribution in [0.3, 0.4) is 0 Å². The lowest BCUT2D eigenvalue weighted by Gasteiger charge is -2.04. The normalized spacial score (nSPS) is 9.00. The lowest BCUT2D eigenvalue weighted by Crippen LogP contribution is -2.07. The third kappa shape index (κ3) is 2.31. The molecular weight excluding hydrogens is 164 g/mol. The van der Waals surface area contributed by atoms with E-state index in [4.69, 9.17) is 5.26 Å². The molecule has 66 valence electrons. The minimum absolute atomic E-state index is 0.165. The second kappa shape index (κ2) is 3.72. The molecule has 3 heteroatoms. The van der Waals surface area contributed by atoms with Gasteiger partial charge in [0.1, 0.15) is 6.07 Å². The zero-order valence-electron chi connectivity index (χ0n) is 7.59. The largest absolute Gasteiger partial charge is 0.325 e. The molecule has 13 heavy (non-hydrogen) atoms. The van der Waals surface area contributed by atoms with E-state index >= 15 is 0 Å². The molecule has 0 aromatic heterocycles. The van der Waals surface area contributed by atoms with Crippen LogP contribution >= 0.6 is 0 Å². The lowest BCUT2D eigenvalue weighted by atomic mass is 10.1. The van der Waals surface area contributed by atoms with E-state index in [1.54, 1.807) is 12.1 Å². The number of amides is 1. The van der Waals surface area contributed by atoms with E-state index in [0.29, 0.717) is 11.3 Å². The first kappa shape index (κ1) is 9.27. The fraction of sp³-hybridized carbons (Fsp3) is 0.200. The van der Waals surface area contributed by atoms with Crippen molar-refractivity contribution in [1.82, 2.24) is 0 Å². The van der Waals surface area contributed by atoms with E-state index < -0.39 is 0 Å². The van der Waals surface area contributed by atoms with Gasteiger partial charge in [-0.1, -0.05) is 6.07 Å². The molecule has 1 rings (SSSR count). The molecule has 0 unspecified atom stereocenters. The minimum atomic E-state index is -0.165. The molecule has 1 aromatic rings. The highest BCUT2D eigenvalue weighted by molar-refractivity contribution is 5.90. The zero-order valence-corrected chi connectivity index (χ0v) is 7.59. The summed E-state index contributed by atoms with van der Waals surface area (Å²) in [5.41, 5.74) is 2.08. The van der Waals surface area contributed by atoms with Crippen molar-refractivity contribution in [3.05, 3.63) is 29.3 Å². The summed E-state index contributed by atoms with van der Waals surface area (Å²) in [6.07, 6.45) is 0. The summed E-state index contributed by atoms with van der Waals surface area (Å²) in [5, 5.41) is 11.3. The summed E-state index contributed by atoms with van der Waals surface area (Å²) < 4.78 is 0. The van der Waals surface area contributed by atoms with Crippen molar-refractivity contribution >= 4 is 11.6 Å². The van der Waals surface area contributed by atoms with Crippen molar-refractivity contribution in [3.63, 3.8) is 0 Å². The van der Waals surface area contributed by atoms with Gasteiger partial charge in [0.05, 0.1) is 11.3 Å². The van der Waals surface area contributed by atoms with Gasteiger partial charge in [-0.25, -0.2) is 0 Å². The minimum Gasteiger partial charge on any atom is -0.325 e. The first-order chi connectivity index (χ1) is 6.13. The van der Waals surface area contributed by atoms with Gasteiger partial charge < -0.3 is 5.32 Å². The predicted molar refractivity (Wildman–Crippen MR) is 50.2 cm³/mol. The maximum absolute atomic E-state index is 10.8. The highest BCUT2D eigenvalue weighted by Gasteiger charge is 2.02. The average molecular weight is 174 g/mol. The number of rotatable bonds is 1. The Balaban J connectivity index is 3.10. The summed E-state index contributed by atoms with van der Waals surface area (Å²) in [6.45, 7) is 3.33. The third-order valence-corrected chi connectivity index (χ3v) is 1.61. The van der Waals surface area contributed by atoms with Crippen molar-refractivity contribution in [1.29, 1.82) is 5.26 Å². The van der Waals surface area contributed by atoms with E-state index in [2.05, 4.69) is 5.32 Å². The van der Waals surface area contributed by atoms with Crippen molar-refractivity contribution < 1.29 is 4.79 Å². The average Bonchev–Trinajstić information content (AvgIpc) is 2.03. The molecule has 0 bridgehead atoms. The van der Waals surface area contributed by atoms with E-state index in [9.17, 15) is 4.79 Å². The molecular formula is C10H10N2O. The number of hydrogen-bond acceptors (Lipinski definition) is 2. The van der Waals surface area contributed by atoms with Crippen LogP contribution in [0.1, 0.15) is 18.1 Å². The van der Waals surface area contributed by atoms with E-state index in [-0.39, 0.29) is 5.91 Å². The first-order valence-electron chi connectivity index (χ1n) is 3.92. The van der Waals surface area contributed by atoms with Gasteiger partial charge in [-0.05, 0) is 24.6 Å². The van der Waals surface area contributed by atoms with Gasteiger partial charge in [0.15, 0.2) is 0 Å². The molecule has 0 fully saturated rings. The molecule has 0 aliphatic carbocycles. The molecule has 1 N–H and O–H groups in total. The molecule has 0 radical (unpaired) electrons. The summed E-state index contributed by atoms with van der Waals surface area (Å²) >= 11 is 0. The Kier molecular flexibility index (Phi) is 2.65. The SMILES string of the molecule is CC(=O)Nc1cc(C)ccc1C#N. The predicted octanol–water partition coefficient (Wildman–Crippen LogP) is 1.83. The summed E-state index contributed by atoms with van der Waals surface area (Å²) in [7, 11) is 0. The quantitative estimate of drug-likeness (QED) is 0.706. The van der Waals surface area contributed by atoms with Crippen LogP contribution in [0, 0.1) is 18.3 Å². The van der Waals surface area contributed by atoms with Gasteiger partial charge >= 0.3 is 0 Å². The molecule has 1 amide bonds. The van der Waals surface area contributed by atoms with E-state index in [1.165, 1.54) is 6.92 Å². The van der Waals surface area contributed by atoms with Crippen molar-refractivity contribution in [2.75, 3.05) is 5.32 Å². The standard InChI is InChI=1S/C10H10N2O/c1-7-3-4-9(6-11)10(5-7)12-8(2)13/h3-5H,1-2H3,(H,12,13). The first-order valence-corrected chi connectivity index (χ1v) is 3.92. The van der Waals surface area contributed by atoms with E-state index in [0.717, 1.165) is 5.56 Å². The molecule has 1 aromatic carbocycles. The van der Waals surface area contributed by atoms with Gasteiger partial charge in [0.25, 0.3) is 0 Å². The fourth-order valence-electron chi connectivity index (χ4n) is 1.05. The van der Waals surface area contributed by atoms with Gasteiger partial charge in [0, 0.05) is 6.92 Å². The number of nitrogens with zero attached hydrogens (tertiary/aromatic N) is 1. The van der Waals surface area contributed by atoms with Crippen molar-refractivity contribution in [3.8, 4) is 6.07 Å². The number of benzene rings is 1. The topological polar surface area (TPSA) is 52.9 Å². The molecule has 3 nitrogen and oxygen atoms in total. The number of anilines is 1. The van der Waals surface area contributed by atoms with Crippen LogP contribution in [0.4, 0.5) is 5.69 Å². The summed E-state index contributed by atoms with van der Waals surface area (Å²) in [5.74, 6) is -0.165. The Labute approximate surface area is 77.0 Å². The Hall–Kier alpha value is -1.82. The van der Waals surface area contributed by atoms with Gasteiger partial charge in [-0.3, -0.25) is 4.79 Å². The molecule has 0 heterocycles. The van der Waals surface area contributed by atoms with Gasteiger partial charge in [-0.2, -0.15) is 5.26 Å². The van der Waals surface area contributed by atoms with Crippen LogP contribution in [-0.2, 0) is 4.79 Å². The second-order valence-electron chi connectivity index (χ2n) is 2.84. The van der Waals surface area contributed by atoms with Crippen molar-refractivity contribution in [2.24, 2.45) is 0 Å². The Bertz CT molecular complexity index is 377. The summed E-state index contributed by atoms with van der Waals surface area (Å²) in [4.78, 5) is 10.8. The maximum Gasteiger partial charge on any atom is 0.221 e. The number of nitriles is 1. The van der Waals surface area contributed by atoms with Crippen LogP contribution in [0.15, 0.2) is 18.2 Å². The molecule has 0 saturated carbocycles. The number of nitrogens with one attached hydrogen (secondary N) is 1. The molecule has 0 aliphatic heterocycles. The summed E-state index contributed by atoms with van der Waals surface area (Å²) in [6, 6.07) is 7.32. The Morgan fingerprint density at radius 2 is 2.23 bits per heavy atom. The highest BCUT2D eigenvalue weighted by atomic mass is 16.1. The number of carbonyl (C=O) groups is 1. The monoisotopic (exact) mass is 174 g/mol. The molecule has 0 spiro atoms. The maximum atomic E-state index is 10.8. The zero-order chi connectivity index (χ0) is 9.84. The second-order valence-corrected chi connectivity index (χ2v) is 2.84. The molecule has 0 saturated heterocycles. The highest BCUT2D eigenvalue weighted by Crippen LogP contribution is 2.16. The molecule has 0 aliphatic rings. The number of aryl methyl sites for hydroxylation is 1. The number of carbonyl (C=O) groups excluding carboxylic acids is 1. The van der Waals surface area contributed by atoms with Gasteiger partial charge in [0.2, 0.25) is 5.91 Å². The van der Waals surface area contributed by atoms with Crippen LogP contribution < -0.4 is 5.32 Å². The van der Waals surface area contributed by atoms with Crippen LogP contribution in [-0.4, -0.2) is 5.91 Å².